The Labute approximate surface area is 249 Å². The number of halogens is 2. The third-order valence-electron chi connectivity index (χ3n) is 7.66. The number of pyridine rings is 1. The Hall–Kier alpha value is -3.84. The average molecular weight is 616 g/mol. The molecule has 0 radical (unpaired) electrons. The molecule has 10 nitrogen and oxygen atoms in total. The number of alkyl halides is 2. The molecule has 0 amide bonds. The maximum absolute atomic E-state index is 13.1. The quantitative estimate of drug-likeness (QED) is 0.253. The van der Waals surface area contributed by atoms with Crippen LogP contribution in [-0.2, 0) is 22.0 Å². The minimum absolute atomic E-state index is 0.0459. The van der Waals surface area contributed by atoms with Crippen molar-refractivity contribution in [3.05, 3.63) is 59.2 Å². The molecule has 0 unspecified atom stereocenters. The molecule has 0 bridgehead atoms. The predicted molar refractivity (Wildman–Crippen MR) is 160 cm³/mol. The Morgan fingerprint density at radius 2 is 1.84 bits per heavy atom. The number of fused-ring (bicyclic) bond motifs is 1. The van der Waals surface area contributed by atoms with Crippen LogP contribution in [0.15, 0.2) is 46.9 Å². The van der Waals surface area contributed by atoms with Crippen molar-refractivity contribution in [2.45, 2.75) is 70.6 Å². The predicted octanol–water partition coefficient (Wildman–Crippen LogP) is 5.44. The van der Waals surface area contributed by atoms with Gasteiger partial charge in [-0.2, -0.15) is 0 Å². The van der Waals surface area contributed by atoms with Crippen molar-refractivity contribution in [1.82, 2.24) is 15.2 Å². The Morgan fingerprint density at radius 1 is 1.16 bits per heavy atom. The normalized spacial score (nSPS) is 19.0. The van der Waals surface area contributed by atoms with Gasteiger partial charge in [-0.05, 0) is 59.4 Å². The molecule has 5 rings (SSSR count). The lowest BCUT2D eigenvalue weighted by Gasteiger charge is -2.42. The van der Waals surface area contributed by atoms with Gasteiger partial charge in [-0.3, -0.25) is 4.31 Å². The molecule has 2 aromatic carbocycles. The summed E-state index contributed by atoms with van der Waals surface area (Å²) in [6, 6.07) is 12.3. The minimum atomic E-state index is -3.66. The Morgan fingerprint density at radius 3 is 2.42 bits per heavy atom. The molecular weight excluding hydrogens is 580 g/mol. The van der Waals surface area contributed by atoms with E-state index in [-0.39, 0.29) is 31.3 Å². The number of nitrogens with one attached hydrogen (secondary N) is 1. The molecule has 0 aliphatic heterocycles. The molecule has 13 heteroatoms. The van der Waals surface area contributed by atoms with Crippen LogP contribution in [0, 0.1) is 6.92 Å². The number of methoxy groups -OCH3 is 1. The number of ether oxygens (including phenoxy) is 1. The highest BCUT2D eigenvalue weighted by Gasteiger charge is 2.50. The number of anilines is 2. The van der Waals surface area contributed by atoms with Crippen LogP contribution in [0.5, 0.6) is 5.75 Å². The zero-order chi connectivity index (χ0) is 31.3. The second-order valence-corrected chi connectivity index (χ2v) is 14.1. The van der Waals surface area contributed by atoms with E-state index in [1.165, 1.54) is 10.6 Å². The van der Waals surface area contributed by atoms with Crippen LogP contribution >= 0.6 is 0 Å². The molecule has 4 aromatic rings. The summed E-state index contributed by atoms with van der Waals surface area (Å²) in [6.07, 6.45) is -1.89. The van der Waals surface area contributed by atoms with Crippen molar-refractivity contribution in [1.29, 1.82) is 0 Å². The number of benzene rings is 2. The van der Waals surface area contributed by atoms with Gasteiger partial charge < -0.3 is 19.6 Å². The largest absolute Gasteiger partial charge is 0.497 e. The third kappa shape index (κ3) is 6.28. The molecule has 1 aliphatic rings. The van der Waals surface area contributed by atoms with Crippen molar-refractivity contribution >= 4 is 32.6 Å². The summed E-state index contributed by atoms with van der Waals surface area (Å²) in [6.45, 7) is 8.11. The first kappa shape index (κ1) is 30.6. The zero-order valence-corrected chi connectivity index (χ0v) is 25.7. The van der Waals surface area contributed by atoms with Gasteiger partial charge in [0.2, 0.25) is 10.0 Å². The highest BCUT2D eigenvalue weighted by Crippen LogP contribution is 2.40. The molecule has 2 aromatic heterocycles. The van der Waals surface area contributed by atoms with Crippen LogP contribution in [0.1, 0.15) is 50.3 Å². The first-order valence-corrected chi connectivity index (χ1v) is 15.6. The Kier molecular flexibility index (Phi) is 7.84. The first-order chi connectivity index (χ1) is 20.1. The number of aryl methyl sites for hydroxylation is 1. The highest BCUT2D eigenvalue weighted by atomic mass is 32.2. The lowest BCUT2D eigenvalue weighted by molar-refractivity contribution is -0.148. The van der Waals surface area contributed by atoms with Crippen LogP contribution in [0.3, 0.4) is 0 Å². The smallest absolute Gasteiger partial charge is 0.316 e. The number of nitrogens with zero attached hydrogens (tertiary/aromatic N) is 4. The maximum atomic E-state index is 13.1. The topological polar surface area (TPSA) is 131 Å². The summed E-state index contributed by atoms with van der Waals surface area (Å²) in [5.41, 5.74) is 1.63. The number of aromatic nitrogens is 3. The number of sulfonamides is 1. The molecule has 0 atom stereocenters. The van der Waals surface area contributed by atoms with Gasteiger partial charge in [0.25, 0.3) is 12.3 Å². The van der Waals surface area contributed by atoms with Gasteiger partial charge >= 0.3 is 6.01 Å². The summed E-state index contributed by atoms with van der Waals surface area (Å²) in [5, 5.41) is 21.6. The van der Waals surface area contributed by atoms with Gasteiger partial charge in [0.05, 0.1) is 31.1 Å². The highest BCUT2D eigenvalue weighted by molar-refractivity contribution is 7.92. The van der Waals surface area contributed by atoms with Crippen molar-refractivity contribution in [3.63, 3.8) is 0 Å². The molecule has 1 saturated carbocycles. The summed E-state index contributed by atoms with van der Waals surface area (Å²) < 4.78 is 64.4. The van der Waals surface area contributed by atoms with Gasteiger partial charge in [-0.1, -0.05) is 38.0 Å². The molecular formula is C30H35F2N5O5S. The van der Waals surface area contributed by atoms with Crippen molar-refractivity contribution in [3.8, 4) is 17.3 Å². The average Bonchev–Trinajstić information content (AvgIpc) is 3.38. The maximum Gasteiger partial charge on any atom is 0.316 e. The molecule has 0 spiro atoms. The van der Waals surface area contributed by atoms with Gasteiger partial charge in [0, 0.05) is 24.3 Å². The summed E-state index contributed by atoms with van der Waals surface area (Å²) in [7, 11) is -2.08. The monoisotopic (exact) mass is 615 g/mol. The molecule has 0 saturated heterocycles. The first-order valence-electron chi connectivity index (χ1n) is 13.7. The van der Waals surface area contributed by atoms with Crippen LogP contribution < -0.4 is 14.4 Å². The zero-order valence-electron chi connectivity index (χ0n) is 24.9. The molecule has 2 N–H and O–H groups in total. The van der Waals surface area contributed by atoms with Gasteiger partial charge in [0.1, 0.15) is 17.0 Å². The fourth-order valence-corrected chi connectivity index (χ4v) is 6.10. The van der Waals surface area contributed by atoms with Crippen LogP contribution in [0.25, 0.3) is 22.5 Å². The fourth-order valence-electron chi connectivity index (χ4n) is 5.23. The van der Waals surface area contributed by atoms with E-state index in [0.717, 1.165) is 22.1 Å². The van der Waals surface area contributed by atoms with Crippen molar-refractivity contribution in [2.24, 2.45) is 0 Å². The van der Waals surface area contributed by atoms with Gasteiger partial charge in [-0.15, -0.1) is 5.10 Å². The van der Waals surface area contributed by atoms with E-state index in [0.29, 0.717) is 22.6 Å². The molecule has 43 heavy (non-hydrogen) atoms. The lowest BCUT2D eigenvalue weighted by Crippen LogP contribution is -2.55. The third-order valence-corrected chi connectivity index (χ3v) is 8.80. The van der Waals surface area contributed by atoms with Crippen LogP contribution in [0.2, 0.25) is 0 Å². The van der Waals surface area contributed by atoms with Crippen LogP contribution in [0.4, 0.5) is 20.5 Å². The number of hydrogen-bond donors (Lipinski definition) is 2. The molecule has 230 valence electrons. The molecule has 1 aliphatic carbocycles. The van der Waals surface area contributed by atoms with Crippen LogP contribution in [-0.4, -0.2) is 60.1 Å². The van der Waals surface area contributed by atoms with E-state index in [2.05, 4.69) is 15.5 Å². The standard InChI is InChI=1S/C30H35F2N5O5S/c1-17-11-24(26-35-36-28(42-26)33-19-14-30(38,15-19)27(31)32)34-25-22(17)12-20(13-23(25)29(2,3)4)37(43(6,39)40)16-18-7-9-21(41-5)10-8-18/h7-13,19,27,38H,14-16H2,1-6H3,(H,33,36)/t19-,30+. The SMILES string of the molecule is COc1ccc(CN(c2cc(C(C)(C)C)c3nc(-c4nnc(N[C@H]5C[C@](O)(C(F)F)C5)o4)cc(C)c3c2)S(C)(=O)=O)cc1. The second-order valence-electron chi connectivity index (χ2n) is 12.1. The van der Waals surface area contributed by atoms with E-state index in [1.54, 1.807) is 25.3 Å². The van der Waals surface area contributed by atoms with Gasteiger partial charge in [-0.25, -0.2) is 22.2 Å². The van der Waals surface area contributed by atoms with Crippen molar-refractivity contribution in [2.75, 3.05) is 23.0 Å². The van der Waals surface area contributed by atoms with Crippen molar-refractivity contribution < 1.29 is 31.5 Å². The summed E-state index contributed by atoms with van der Waals surface area (Å²) in [5.74, 6) is 0.816. The lowest BCUT2D eigenvalue weighted by atomic mass is 9.76. The summed E-state index contributed by atoms with van der Waals surface area (Å²) >= 11 is 0. The number of aliphatic hydroxyl groups is 1. The van der Waals surface area contributed by atoms with E-state index in [9.17, 15) is 22.3 Å². The van der Waals surface area contributed by atoms with E-state index in [4.69, 9.17) is 14.1 Å². The molecule has 1 fully saturated rings. The summed E-state index contributed by atoms with van der Waals surface area (Å²) in [4.78, 5) is 4.87. The number of hydrogen-bond acceptors (Lipinski definition) is 9. The van der Waals surface area contributed by atoms with E-state index >= 15 is 0 Å². The second kappa shape index (κ2) is 11.0. The minimum Gasteiger partial charge on any atom is -0.497 e. The van der Waals surface area contributed by atoms with E-state index in [1.807, 2.05) is 52.0 Å². The van der Waals surface area contributed by atoms with E-state index < -0.39 is 33.5 Å². The Bertz CT molecular complexity index is 1750. The fraction of sp³-hybridized carbons (Fsp3) is 0.433. The molecule has 2 heterocycles. The number of rotatable bonds is 9. The Balaban J connectivity index is 1.51. The van der Waals surface area contributed by atoms with Gasteiger partial charge in [0.15, 0.2) is 0 Å².